The number of hydrogen-bond donors (Lipinski definition) is 0. The molecule has 1 aromatic rings. The molecule has 1 fully saturated rings. The third-order valence-electron chi connectivity index (χ3n) is 2.85. The predicted molar refractivity (Wildman–Crippen MR) is 57.0 cm³/mol. The molecule has 0 radical (unpaired) electrons. The Labute approximate surface area is 102 Å². The van der Waals surface area contributed by atoms with Crippen LogP contribution in [0.5, 0.6) is 0 Å². The highest BCUT2D eigenvalue weighted by atomic mass is 32.2. The van der Waals surface area contributed by atoms with Gasteiger partial charge in [-0.3, -0.25) is 4.98 Å². The first kappa shape index (κ1) is 13.3. The number of sulfonamides is 1. The second kappa shape index (κ2) is 4.51. The van der Waals surface area contributed by atoms with Crippen LogP contribution in [0.15, 0.2) is 29.4 Å². The van der Waals surface area contributed by atoms with E-state index in [9.17, 15) is 21.6 Å². The first-order valence-electron chi connectivity index (χ1n) is 5.35. The third kappa shape index (κ3) is 2.35. The van der Waals surface area contributed by atoms with Crippen molar-refractivity contribution in [1.82, 2.24) is 9.29 Å². The average molecular weight is 280 g/mol. The number of rotatable bonds is 3. The molecule has 0 saturated heterocycles. The molecule has 1 heterocycles. The van der Waals surface area contributed by atoms with Crippen molar-refractivity contribution < 1.29 is 21.6 Å². The van der Waals surface area contributed by atoms with Crippen molar-refractivity contribution in [1.29, 1.82) is 0 Å². The second-order valence-electron chi connectivity index (χ2n) is 4.04. The number of nitrogens with zero attached hydrogens (tertiary/aromatic N) is 2. The van der Waals surface area contributed by atoms with Gasteiger partial charge in [0, 0.05) is 18.4 Å². The molecule has 1 aliphatic rings. The zero-order chi connectivity index (χ0) is 13.4. The third-order valence-corrected chi connectivity index (χ3v) is 4.71. The molecule has 100 valence electrons. The molecule has 2 rings (SSSR count). The summed E-state index contributed by atoms with van der Waals surface area (Å²) in [6.45, 7) is 0. The Morgan fingerprint density at radius 1 is 1.33 bits per heavy atom. The fourth-order valence-electron chi connectivity index (χ4n) is 1.77. The zero-order valence-electron chi connectivity index (χ0n) is 9.26. The van der Waals surface area contributed by atoms with E-state index >= 15 is 0 Å². The van der Waals surface area contributed by atoms with Crippen molar-refractivity contribution in [3.63, 3.8) is 0 Å². The molecule has 4 nitrogen and oxygen atoms in total. The Bertz CT molecular complexity index is 512. The first-order chi connectivity index (χ1) is 8.33. The summed E-state index contributed by atoms with van der Waals surface area (Å²) in [6, 6.07) is 1.41. The van der Waals surface area contributed by atoms with Gasteiger partial charge >= 0.3 is 6.30 Å². The lowest BCUT2D eigenvalue weighted by Gasteiger charge is -2.36. The summed E-state index contributed by atoms with van der Waals surface area (Å²) < 4.78 is 62.3. The van der Waals surface area contributed by atoms with Crippen molar-refractivity contribution in [2.24, 2.45) is 0 Å². The summed E-state index contributed by atoms with van der Waals surface area (Å²) >= 11 is 0. The van der Waals surface area contributed by atoms with E-state index in [2.05, 4.69) is 4.98 Å². The standard InChI is InChI=1S/C10H11F3N2O2S/c11-10(12,13)15(8-3-1-4-8)18(16,17)9-5-2-6-14-7-9/h2,5-8H,1,3-4H2. The smallest absolute Gasteiger partial charge is 0.263 e. The molecule has 1 aromatic heterocycles. The normalized spacial score (nSPS) is 17.8. The molecule has 0 bridgehead atoms. The van der Waals surface area contributed by atoms with Gasteiger partial charge in [0.15, 0.2) is 0 Å². The van der Waals surface area contributed by atoms with Gasteiger partial charge in [-0.1, -0.05) is 6.42 Å². The maximum Gasteiger partial charge on any atom is 0.473 e. The largest absolute Gasteiger partial charge is 0.473 e. The molecular weight excluding hydrogens is 269 g/mol. The molecule has 0 amide bonds. The SMILES string of the molecule is O=S(=O)(c1cccnc1)N(C1CCC1)C(F)(F)F. The number of alkyl halides is 3. The van der Waals surface area contributed by atoms with E-state index in [-0.39, 0.29) is 17.1 Å². The molecular formula is C10H11F3N2O2S. The summed E-state index contributed by atoms with van der Waals surface area (Å²) in [5, 5.41) is 0. The van der Waals surface area contributed by atoms with Crippen LogP contribution in [-0.4, -0.2) is 30.0 Å². The van der Waals surface area contributed by atoms with Crippen LogP contribution in [0.1, 0.15) is 19.3 Å². The minimum absolute atomic E-state index is 0.235. The van der Waals surface area contributed by atoms with E-state index in [4.69, 9.17) is 0 Å². The Kier molecular flexibility index (Phi) is 3.33. The van der Waals surface area contributed by atoms with Crippen LogP contribution in [0.4, 0.5) is 13.2 Å². The van der Waals surface area contributed by atoms with Crippen LogP contribution in [0.3, 0.4) is 0 Å². The van der Waals surface area contributed by atoms with Crippen LogP contribution in [0, 0.1) is 0 Å². The number of hydrogen-bond acceptors (Lipinski definition) is 3. The van der Waals surface area contributed by atoms with Crippen LogP contribution in [-0.2, 0) is 10.0 Å². The summed E-state index contributed by atoms with van der Waals surface area (Å²) in [4.78, 5) is 3.11. The Balaban J connectivity index is 2.42. The van der Waals surface area contributed by atoms with E-state index in [0.29, 0.717) is 6.42 Å². The van der Waals surface area contributed by atoms with Gasteiger partial charge in [-0.2, -0.15) is 13.2 Å². The van der Waals surface area contributed by atoms with Crippen LogP contribution >= 0.6 is 0 Å². The van der Waals surface area contributed by atoms with Gasteiger partial charge in [0.2, 0.25) is 0 Å². The first-order valence-corrected chi connectivity index (χ1v) is 6.79. The number of halogens is 3. The highest BCUT2D eigenvalue weighted by molar-refractivity contribution is 7.89. The van der Waals surface area contributed by atoms with Crippen molar-refractivity contribution >= 4 is 10.0 Å². The van der Waals surface area contributed by atoms with Crippen molar-refractivity contribution in [2.45, 2.75) is 36.5 Å². The number of pyridine rings is 1. The molecule has 0 spiro atoms. The van der Waals surface area contributed by atoms with Gasteiger partial charge in [-0.25, -0.2) is 8.42 Å². The van der Waals surface area contributed by atoms with E-state index in [0.717, 1.165) is 12.3 Å². The van der Waals surface area contributed by atoms with Crippen LogP contribution in [0.2, 0.25) is 0 Å². The van der Waals surface area contributed by atoms with E-state index in [1.807, 2.05) is 0 Å². The Morgan fingerprint density at radius 2 is 2.00 bits per heavy atom. The van der Waals surface area contributed by atoms with Crippen molar-refractivity contribution in [3.8, 4) is 0 Å². The molecule has 1 aliphatic carbocycles. The van der Waals surface area contributed by atoms with Crippen molar-refractivity contribution in [3.05, 3.63) is 24.5 Å². The topological polar surface area (TPSA) is 50.3 Å². The van der Waals surface area contributed by atoms with Crippen LogP contribution < -0.4 is 0 Å². The van der Waals surface area contributed by atoms with Gasteiger partial charge < -0.3 is 0 Å². The maximum atomic E-state index is 12.9. The zero-order valence-corrected chi connectivity index (χ0v) is 10.1. The molecule has 18 heavy (non-hydrogen) atoms. The van der Waals surface area contributed by atoms with Crippen molar-refractivity contribution in [2.75, 3.05) is 0 Å². The summed E-state index contributed by atoms with van der Waals surface area (Å²) in [7, 11) is -4.57. The summed E-state index contributed by atoms with van der Waals surface area (Å²) in [5.41, 5.74) is 0. The van der Waals surface area contributed by atoms with Gasteiger partial charge in [-0.15, -0.1) is 4.31 Å². The minimum Gasteiger partial charge on any atom is -0.263 e. The molecule has 0 aliphatic heterocycles. The van der Waals surface area contributed by atoms with E-state index in [1.54, 1.807) is 0 Å². The second-order valence-corrected chi connectivity index (χ2v) is 5.86. The lowest BCUT2D eigenvalue weighted by atomic mass is 9.93. The van der Waals surface area contributed by atoms with Crippen LogP contribution in [0.25, 0.3) is 0 Å². The highest BCUT2D eigenvalue weighted by Gasteiger charge is 2.51. The maximum absolute atomic E-state index is 12.9. The predicted octanol–water partition coefficient (Wildman–Crippen LogP) is 2.14. The molecule has 1 saturated carbocycles. The molecule has 0 N–H and O–H groups in total. The van der Waals surface area contributed by atoms with Gasteiger partial charge in [0.05, 0.1) is 0 Å². The number of aromatic nitrogens is 1. The quantitative estimate of drug-likeness (QED) is 0.797. The fraction of sp³-hybridized carbons (Fsp3) is 0.500. The van der Waals surface area contributed by atoms with Gasteiger partial charge in [0.1, 0.15) is 4.90 Å². The summed E-state index contributed by atoms with van der Waals surface area (Å²) in [5.74, 6) is 0. The lowest BCUT2D eigenvalue weighted by Crippen LogP contribution is -2.51. The molecule has 0 unspecified atom stereocenters. The molecule has 0 atom stereocenters. The van der Waals surface area contributed by atoms with Gasteiger partial charge in [-0.05, 0) is 25.0 Å². The highest BCUT2D eigenvalue weighted by Crippen LogP contribution is 2.38. The van der Waals surface area contributed by atoms with E-state index in [1.165, 1.54) is 12.3 Å². The lowest BCUT2D eigenvalue weighted by molar-refractivity contribution is -0.227. The molecule has 0 aromatic carbocycles. The average Bonchev–Trinajstić information content (AvgIpc) is 2.22. The minimum atomic E-state index is -4.90. The fourth-order valence-corrected chi connectivity index (χ4v) is 3.32. The molecule has 8 heteroatoms. The monoisotopic (exact) mass is 280 g/mol. The van der Waals surface area contributed by atoms with E-state index < -0.39 is 27.3 Å². The Morgan fingerprint density at radius 3 is 2.39 bits per heavy atom. The Hall–Kier alpha value is -1.15. The summed E-state index contributed by atoms with van der Waals surface area (Å²) in [6.07, 6.45) is -1.59. The van der Waals surface area contributed by atoms with Gasteiger partial charge in [0.25, 0.3) is 10.0 Å².